The lowest BCUT2D eigenvalue weighted by molar-refractivity contribution is -0.135. The van der Waals surface area contributed by atoms with E-state index in [1.165, 1.54) is 6.08 Å². The van der Waals surface area contributed by atoms with Crippen molar-refractivity contribution in [1.82, 2.24) is 0 Å². The number of carboxylic acid groups (broad SMARTS) is 1. The van der Waals surface area contributed by atoms with Crippen LogP contribution in [0.25, 0.3) is 0 Å². The number of aliphatic imine (C=N–C) groups is 1. The summed E-state index contributed by atoms with van der Waals surface area (Å²) in [4.78, 5) is 21.5. The molecule has 0 aromatic rings. The van der Waals surface area contributed by atoms with Crippen LogP contribution in [0, 0.1) is 0 Å². The molecule has 0 aromatic heterocycles. The summed E-state index contributed by atoms with van der Waals surface area (Å²) in [6, 6.07) is 0. The highest BCUT2D eigenvalue weighted by atomic mass is 16.4. The molecule has 10 heavy (non-hydrogen) atoms. The first-order valence-electron chi connectivity index (χ1n) is 2.64. The van der Waals surface area contributed by atoms with E-state index >= 15 is 0 Å². The van der Waals surface area contributed by atoms with Gasteiger partial charge in [0.05, 0.1) is 6.54 Å². The Kier molecular flexibility index (Phi) is 12.4. The van der Waals surface area contributed by atoms with E-state index in [0.717, 1.165) is 0 Å². The van der Waals surface area contributed by atoms with Gasteiger partial charge in [0, 0.05) is 6.54 Å². The molecule has 0 fully saturated rings. The van der Waals surface area contributed by atoms with Gasteiger partial charge in [0.15, 0.2) is 0 Å². The number of carbonyl (C=O) groups excluding carboxylic acids is 1. The Labute approximate surface area is 58.6 Å². The van der Waals surface area contributed by atoms with Crippen LogP contribution >= 0.6 is 0 Å². The summed E-state index contributed by atoms with van der Waals surface area (Å²) in [6.45, 7) is 2.05. The van der Waals surface area contributed by atoms with Crippen molar-refractivity contribution in [2.75, 3.05) is 13.1 Å². The number of nitrogens with two attached hydrogens (primary N) is 1. The lowest BCUT2D eigenvalue weighted by Crippen LogP contribution is -2.10. The van der Waals surface area contributed by atoms with E-state index in [0.29, 0.717) is 6.54 Å². The molecule has 0 saturated carbocycles. The zero-order valence-corrected chi connectivity index (χ0v) is 5.70. The van der Waals surface area contributed by atoms with Crippen LogP contribution in [0.5, 0.6) is 0 Å². The first-order chi connectivity index (χ1) is 4.68. The maximum Gasteiger partial charge on any atom is 0.317 e. The van der Waals surface area contributed by atoms with Gasteiger partial charge in [-0.2, -0.15) is 0 Å². The molecule has 3 N–H and O–H groups in total. The Morgan fingerprint density at radius 3 is 2.20 bits per heavy atom. The molecule has 0 bridgehead atoms. The van der Waals surface area contributed by atoms with Gasteiger partial charge in [0.25, 0.3) is 0 Å². The lowest BCUT2D eigenvalue weighted by Gasteiger charge is -1.73. The fraction of sp³-hybridized carbons (Fsp3) is 0.600. The molecule has 0 heterocycles. The van der Waals surface area contributed by atoms with Crippen molar-refractivity contribution in [3.05, 3.63) is 0 Å². The Hall–Kier alpha value is -1.19. The summed E-state index contributed by atoms with van der Waals surface area (Å²) >= 11 is 0. The Balaban J connectivity index is 0. The quantitative estimate of drug-likeness (QED) is 0.400. The third kappa shape index (κ3) is 29.1. The van der Waals surface area contributed by atoms with E-state index in [-0.39, 0.29) is 6.54 Å². The van der Waals surface area contributed by atoms with Crippen LogP contribution in [0.3, 0.4) is 0 Å². The largest absolute Gasteiger partial charge is 0.480 e. The minimum Gasteiger partial charge on any atom is -0.480 e. The molecular formula is C5H10N2O3. The number of aliphatic carboxylic acids is 1. The van der Waals surface area contributed by atoms with E-state index in [1.54, 1.807) is 6.92 Å². The maximum atomic E-state index is 9.24. The second kappa shape index (κ2) is 10.7. The summed E-state index contributed by atoms with van der Waals surface area (Å²) in [5.74, 6) is -0.968. The molecule has 0 aliphatic carbocycles. The fourth-order valence-electron chi connectivity index (χ4n) is 0.0645. The van der Waals surface area contributed by atoms with Crippen molar-refractivity contribution in [2.24, 2.45) is 10.7 Å². The minimum atomic E-state index is -0.968. The Morgan fingerprint density at radius 2 is 2.20 bits per heavy atom. The summed E-state index contributed by atoms with van der Waals surface area (Å²) < 4.78 is 0. The van der Waals surface area contributed by atoms with Crippen molar-refractivity contribution >= 4 is 12.0 Å². The highest BCUT2D eigenvalue weighted by Gasteiger charge is 1.81. The van der Waals surface area contributed by atoms with Gasteiger partial charge in [-0.05, 0) is 6.92 Å². The molecule has 0 aliphatic heterocycles. The van der Waals surface area contributed by atoms with Gasteiger partial charge in [-0.15, -0.1) is 0 Å². The summed E-state index contributed by atoms with van der Waals surface area (Å²) in [7, 11) is 0. The van der Waals surface area contributed by atoms with E-state index in [2.05, 4.69) is 10.7 Å². The van der Waals surface area contributed by atoms with E-state index < -0.39 is 5.97 Å². The molecule has 58 valence electrons. The van der Waals surface area contributed by atoms with Gasteiger partial charge >= 0.3 is 5.97 Å². The smallest absolute Gasteiger partial charge is 0.317 e. The van der Waals surface area contributed by atoms with Crippen LogP contribution in [0.4, 0.5) is 0 Å². The average Bonchev–Trinajstić information content (AvgIpc) is 1.91. The third-order valence-electron chi connectivity index (χ3n) is 0.397. The molecule has 5 nitrogen and oxygen atoms in total. The molecule has 0 saturated heterocycles. The molecule has 0 spiro atoms. The average molecular weight is 146 g/mol. The van der Waals surface area contributed by atoms with Crippen LogP contribution in [0.2, 0.25) is 0 Å². The topological polar surface area (TPSA) is 92.8 Å². The molecule has 0 aromatic carbocycles. The number of isocyanates is 1. The third-order valence-corrected chi connectivity index (χ3v) is 0.397. The van der Waals surface area contributed by atoms with Gasteiger partial charge in [0.2, 0.25) is 6.08 Å². The van der Waals surface area contributed by atoms with Crippen LogP contribution in [-0.4, -0.2) is 30.2 Å². The van der Waals surface area contributed by atoms with Gasteiger partial charge in [0.1, 0.15) is 0 Å². The van der Waals surface area contributed by atoms with Crippen LogP contribution in [0.1, 0.15) is 6.92 Å². The molecule has 0 aliphatic rings. The van der Waals surface area contributed by atoms with Gasteiger partial charge in [-0.1, -0.05) is 0 Å². The van der Waals surface area contributed by atoms with Crippen molar-refractivity contribution in [3.8, 4) is 0 Å². The highest BCUT2D eigenvalue weighted by Crippen LogP contribution is 1.52. The zero-order valence-electron chi connectivity index (χ0n) is 5.70. The summed E-state index contributed by atoms with van der Waals surface area (Å²) in [5.41, 5.74) is 4.57. The summed E-state index contributed by atoms with van der Waals surface area (Å²) in [5, 5.41) is 7.60. The fourth-order valence-corrected chi connectivity index (χ4v) is 0.0645. The molecule has 0 unspecified atom stereocenters. The minimum absolute atomic E-state index is 0.278. The first kappa shape index (κ1) is 11.6. The number of hydrogen-bond donors (Lipinski definition) is 2. The number of hydrogen-bond acceptors (Lipinski definition) is 4. The molecule has 0 radical (unpaired) electrons. The standard InChI is InChI=1S/C3H5NO.C2H5NO2/c1-2-4-3-5;3-1-2(4)5/h2H2,1H3;1,3H2,(H,4,5). The molecule has 5 heteroatoms. The van der Waals surface area contributed by atoms with E-state index in [1.807, 2.05) is 0 Å². The van der Waals surface area contributed by atoms with Crippen LogP contribution in [0.15, 0.2) is 4.99 Å². The SMILES string of the molecule is CCN=C=O.NCC(=O)O. The van der Waals surface area contributed by atoms with Crippen molar-refractivity contribution in [3.63, 3.8) is 0 Å². The van der Waals surface area contributed by atoms with Crippen molar-refractivity contribution in [1.29, 1.82) is 0 Å². The number of carboxylic acids is 1. The van der Waals surface area contributed by atoms with Crippen molar-refractivity contribution < 1.29 is 14.7 Å². The van der Waals surface area contributed by atoms with E-state index in [9.17, 15) is 4.79 Å². The van der Waals surface area contributed by atoms with Gasteiger partial charge in [-0.3, -0.25) is 4.79 Å². The Morgan fingerprint density at radius 1 is 1.80 bits per heavy atom. The van der Waals surface area contributed by atoms with Gasteiger partial charge < -0.3 is 10.8 Å². The molecular weight excluding hydrogens is 136 g/mol. The molecule has 0 atom stereocenters. The predicted molar refractivity (Wildman–Crippen MR) is 35.4 cm³/mol. The molecule has 0 rings (SSSR count). The van der Waals surface area contributed by atoms with Crippen LogP contribution < -0.4 is 5.73 Å². The normalized spacial score (nSPS) is 6.60. The molecule has 0 amide bonds. The number of nitrogens with zero attached hydrogens (tertiary/aromatic N) is 1. The second-order valence-electron chi connectivity index (χ2n) is 1.16. The second-order valence-corrected chi connectivity index (χ2v) is 1.16. The number of rotatable bonds is 2. The number of carbonyl (C=O) groups is 1. The van der Waals surface area contributed by atoms with Crippen molar-refractivity contribution in [2.45, 2.75) is 6.92 Å². The maximum absolute atomic E-state index is 9.24. The van der Waals surface area contributed by atoms with Gasteiger partial charge in [-0.25, -0.2) is 9.79 Å². The predicted octanol–water partition coefficient (Wildman–Crippen LogP) is -0.628. The highest BCUT2D eigenvalue weighted by molar-refractivity contribution is 5.68. The first-order valence-corrected chi connectivity index (χ1v) is 2.64. The zero-order chi connectivity index (χ0) is 8.41. The summed E-state index contributed by atoms with van der Waals surface area (Å²) in [6.07, 6.45) is 1.39. The lowest BCUT2D eigenvalue weighted by atomic mass is 10.7. The monoisotopic (exact) mass is 146 g/mol. The Bertz CT molecular complexity index is 127. The van der Waals surface area contributed by atoms with E-state index in [4.69, 9.17) is 9.90 Å². The van der Waals surface area contributed by atoms with Crippen LogP contribution in [-0.2, 0) is 9.59 Å².